The Hall–Kier alpha value is -3.94. The lowest BCUT2D eigenvalue weighted by atomic mass is 10.1. The quantitative estimate of drug-likeness (QED) is 0.424. The van der Waals surface area contributed by atoms with Gasteiger partial charge in [-0.25, -0.2) is 9.37 Å². The molecule has 0 radical (unpaired) electrons. The van der Waals surface area contributed by atoms with Crippen molar-refractivity contribution >= 4 is 29.0 Å². The van der Waals surface area contributed by atoms with Crippen LogP contribution in [-0.4, -0.2) is 39.3 Å². The molecule has 0 aliphatic heterocycles. The van der Waals surface area contributed by atoms with Crippen LogP contribution < -0.4 is 10.1 Å². The number of fused-ring (bicyclic) bond motifs is 1. The van der Waals surface area contributed by atoms with E-state index in [0.717, 1.165) is 24.0 Å². The Morgan fingerprint density at radius 3 is 2.81 bits per heavy atom. The van der Waals surface area contributed by atoms with E-state index in [-0.39, 0.29) is 11.7 Å². The van der Waals surface area contributed by atoms with E-state index in [4.69, 9.17) is 4.74 Å². The monoisotopic (exact) mass is 419 g/mol. The number of imidazole rings is 1. The van der Waals surface area contributed by atoms with Gasteiger partial charge in [0, 0.05) is 25.5 Å². The molecule has 0 aliphatic carbocycles. The van der Waals surface area contributed by atoms with Gasteiger partial charge in [-0.15, -0.1) is 0 Å². The molecule has 31 heavy (non-hydrogen) atoms. The Labute approximate surface area is 178 Å². The molecule has 0 aliphatic rings. The largest absolute Gasteiger partial charge is 0.495 e. The molecular weight excluding hydrogens is 397 g/mol. The molecule has 4 rings (SSSR count). The number of nitrogens with zero attached hydrogens (tertiary/aromatic N) is 3. The lowest BCUT2D eigenvalue weighted by Crippen LogP contribution is -2.25. The highest BCUT2D eigenvalue weighted by molar-refractivity contribution is 6.05. The maximum absolute atomic E-state index is 13.1. The second-order valence-electron chi connectivity index (χ2n) is 6.97. The smallest absolute Gasteiger partial charge is 0.255 e. The van der Waals surface area contributed by atoms with Gasteiger partial charge in [-0.2, -0.15) is 5.10 Å². The predicted molar refractivity (Wildman–Crippen MR) is 117 cm³/mol. The number of methoxy groups -OCH3 is 1. The minimum Gasteiger partial charge on any atom is -0.495 e. The van der Waals surface area contributed by atoms with Gasteiger partial charge in [0.15, 0.2) is 0 Å². The first-order valence-corrected chi connectivity index (χ1v) is 9.88. The average molecular weight is 419 g/mol. The van der Waals surface area contributed by atoms with Gasteiger partial charge in [0.05, 0.1) is 35.6 Å². The van der Waals surface area contributed by atoms with Crippen molar-refractivity contribution in [2.45, 2.75) is 13.0 Å². The Balaban J connectivity index is 1.53. The van der Waals surface area contributed by atoms with Gasteiger partial charge in [-0.3, -0.25) is 9.89 Å². The molecule has 2 aromatic carbocycles. The second-order valence-corrected chi connectivity index (χ2v) is 6.97. The van der Waals surface area contributed by atoms with Gasteiger partial charge in [0.2, 0.25) is 0 Å². The highest BCUT2D eigenvalue weighted by Gasteiger charge is 2.18. The molecule has 2 aromatic heterocycles. The summed E-state index contributed by atoms with van der Waals surface area (Å²) in [6.45, 7) is 1.30. The van der Waals surface area contributed by atoms with E-state index in [9.17, 15) is 9.18 Å². The fraction of sp³-hybridized carbons (Fsp3) is 0.174. The predicted octanol–water partition coefficient (Wildman–Crippen LogP) is 3.90. The number of ether oxygens (including phenoxy) is 1. The Morgan fingerprint density at radius 2 is 2.06 bits per heavy atom. The number of hydrogen-bond donors (Lipinski definition) is 2. The first kappa shape index (κ1) is 20.3. The van der Waals surface area contributed by atoms with E-state index in [1.807, 2.05) is 16.8 Å². The molecule has 0 spiro atoms. The molecule has 0 unspecified atom stereocenters. The van der Waals surface area contributed by atoms with Gasteiger partial charge in [0.1, 0.15) is 11.6 Å². The van der Waals surface area contributed by atoms with Crippen molar-refractivity contribution in [3.63, 3.8) is 0 Å². The Morgan fingerprint density at radius 1 is 1.23 bits per heavy atom. The number of aromatic nitrogens is 4. The summed E-state index contributed by atoms with van der Waals surface area (Å²) in [5.74, 6) is -0.0409. The molecule has 4 aromatic rings. The normalized spacial score (nSPS) is 11.3. The number of benzene rings is 2. The summed E-state index contributed by atoms with van der Waals surface area (Å²) in [5, 5.41) is 10.9. The van der Waals surface area contributed by atoms with Crippen molar-refractivity contribution < 1.29 is 13.9 Å². The summed E-state index contributed by atoms with van der Waals surface area (Å²) in [4.78, 5) is 16.8. The lowest BCUT2D eigenvalue weighted by molar-refractivity contribution is 0.0950. The fourth-order valence-electron chi connectivity index (χ4n) is 3.34. The zero-order valence-corrected chi connectivity index (χ0v) is 17.0. The van der Waals surface area contributed by atoms with Crippen LogP contribution in [0.4, 0.5) is 4.39 Å². The van der Waals surface area contributed by atoms with Crippen molar-refractivity contribution in [3.05, 3.63) is 77.8 Å². The fourth-order valence-corrected chi connectivity index (χ4v) is 3.34. The Bertz CT molecular complexity index is 1200. The van der Waals surface area contributed by atoms with Crippen LogP contribution >= 0.6 is 0 Å². The maximum Gasteiger partial charge on any atom is 0.255 e. The molecule has 2 N–H and O–H groups in total. The first-order chi connectivity index (χ1) is 15.2. The van der Waals surface area contributed by atoms with E-state index in [1.165, 1.54) is 19.2 Å². The minimum atomic E-state index is -0.287. The molecule has 158 valence electrons. The van der Waals surface area contributed by atoms with Crippen LogP contribution in [0.2, 0.25) is 0 Å². The van der Waals surface area contributed by atoms with Crippen molar-refractivity contribution in [1.82, 2.24) is 25.1 Å². The summed E-state index contributed by atoms with van der Waals surface area (Å²) in [6, 6.07) is 9.69. The molecule has 8 heteroatoms. The number of H-pyrrole nitrogens is 1. The van der Waals surface area contributed by atoms with Crippen LogP contribution in [0, 0.1) is 5.82 Å². The van der Waals surface area contributed by atoms with Crippen LogP contribution in [0.15, 0.2) is 55.1 Å². The summed E-state index contributed by atoms with van der Waals surface area (Å²) in [7, 11) is 1.53. The SMILES string of the molecule is COc1c(C(=O)NCCCn2ccnc2)ccc2[nH]nc(C=Cc3ccc(F)cc3)c12. The zero-order chi connectivity index (χ0) is 21.6. The molecule has 0 atom stereocenters. The van der Waals surface area contributed by atoms with E-state index in [1.54, 1.807) is 42.9 Å². The summed E-state index contributed by atoms with van der Waals surface area (Å²) in [6.07, 6.45) is 9.78. The molecule has 0 saturated heterocycles. The van der Waals surface area contributed by atoms with Gasteiger partial charge in [0.25, 0.3) is 5.91 Å². The van der Waals surface area contributed by atoms with Gasteiger partial charge < -0.3 is 14.6 Å². The number of carbonyl (C=O) groups is 1. The van der Waals surface area contributed by atoms with Crippen LogP contribution in [0.1, 0.15) is 28.0 Å². The van der Waals surface area contributed by atoms with E-state index in [0.29, 0.717) is 28.9 Å². The maximum atomic E-state index is 13.1. The molecule has 2 heterocycles. The molecular formula is C23H22FN5O2. The number of halogens is 1. The summed E-state index contributed by atoms with van der Waals surface area (Å²) in [5.41, 5.74) is 2.66. The minimum absolute atomic E-state index is 0.209. The second kappa shape index (κ2) is 9.25. The van der Waals surface area contributed by atoms with Crippen LogP contribution in [-0.2, 0) is 6.54 Å². The summed E-state index contributed by atoms with van der Waals surface area (Å²) >= 11 is 0. The first-order valence-electron chi connectivity index (χ1n) is 9.88. The number of aryl methyl sites for hydroxylation is 1. The van der Waals surface area contributed by atoms with Gasteiger partial charge in [-0.05, 0) is 42.3 Å². The molecule has 1 amide bonds. The highest BCUT2D eigenvalue weighted by Crippen LogP contribution is 2.32. The third kappa shape index (κ3) is 4.63. The average Bonchev–Trinajstić information content (AvgIpc) is 3.45. The van der Waals surface area contributed by atoms with Gasteiger partial charge in [-0.1, -0.05) is 18.2 Å². The summed E-state index contributed by atoms with van der Waals surface area (Å²) < 4.78 is 20.7. The molecule has 0 bridgehead atoms. The topological polar surface area (TPSA) is 84.8 Å². The Kier molecular flexibility index (Phi) is 6.07. The van der Waals surface area contributed by atoms with Crippen molar-refractivity contribution in [1.29, 1.82) is 0 Å². The number of carbonyl (C=O) groups excluding carboxylic acids is 1. The molecule has 0 saturated carbocycles. The van der Waals surface area contributed by atoms with Crippen molar-refractivity contribution in [3.8, 4) is 5.75 Å². The lowest BCUT2D eigenvalue weighted by Gasteiger charge is -2.11. The van der Waals surface area contributed by atoms with E-state index < -0.39 is 0 Å². The standard InChI is InChI=1S/C23H22FN5O2/c1-31-22-18(23(30)26-11-2-13-29-14-12-25-15-29)8-10-20-21(22)19(27-28-20)9-5-16-3-6-17(24)7-4-16/h3-10,12,14-15H,2,11,13H2,1H3,(H,26,30)(H,27,28). The molecule has 7 nitrogen and oxygen atoms in total. The third-order valence-corrected chi connectivity index (χ3v) is 4.90. The number of rotatable bonds is 8. The molecule has 0 fully saturated rings. The van der Waals surface area contributed by atoms with Gasteiger partial charge >= 0.3 is 0 Å². The van der Waals surface area contributed by atoms with Crippen molar-refractivity contribution in [2.75, 3.05) is 13.7 Å². The van der Waals surface area contributed by atoms with E-state index >= 15 is 0 Å². The number of nitrogens with one attached hydrogen (secondary N) is 2. The number of amides is 1. The van der Waals surface area contributed by atoms with Crippen LogP contribution in [0.25, 0.3) is 23.1 Å². The third-order valence-electron chi connectivity index (χ3n) is 4.90. The van der Waals surface area contributed by atoms with Crippen LogP contribution in [0.5, 0.6) is 5.75 Å². The number of aromatic amines is 1. The zero-order valence-electron chi connectivity index (χ0n) is 17.0. The number of hydrogen-bond acceptors (Lipinski definition) is 4. The van der Waals surface area contributed by atoms with E-state index in [2.05, 4.69) is 20.5 Å². The van der Waals surface area contributed by atoms with Crippen molar-refractivity contribution in [2.24, 2.45) is 0 Å². The highest BCUT2D eigenvalue weighted by atomic mass is 19.1. The van der Waals surface area contributed by atoms with Crippen LogP contribution in [0.3, 0.4) is 0 Å².